The summed E-state index contributed by atoms with van der Waals surface area (Å²) in [6.07, 6.45) is 5.50. The van der Waals surface area contributed by atoms with Crippen molar-refractivity contribution >= 4 is 17.4 Å². The van der Waals surface area contributed by atoms with Crippen LogP contribution in [0.4, 0.5) is 11.5 Å². The summed E-state index contributed by atoms with van der Waals surface area (Å²) in [4.78, 5) is 23.6. The van der Waals surface area contributed by atoms with Gasteiger partial charge in [-0.2, -0.15) is 0 Å². The normalized spacial score (nSPS) is 18.8. The number of piperidine rings is 1. The lowest BCUT2D eigenvalue weighted by molar-refractivity contribution is -0.119. The van der Waals surface area contributed by atoms with Gasteiger partial charge in [-0.05, 0) is 49.2 Å². The number of nitrogens with zero attached hydrogens (tertiary/aromatic N) is 4. The van der Waals surface area contributed by atoms with Crippen molar-refractivity contribution in [2.24, 2.45) is 0 Å². The molecule has 0 N–H and O–H groups in total. The van der Waals surface area contributed by atoms with Crippen LogP contribution in [0.1, 0.15) is 30.4 Å². The van der Waals surface area contributed by atoms with Crippen molar-refractivity contribution in [1.29, 1.82) is 0 Å². The molecule has 2 aliphatic rings. The summed E-state index contributed by atoms with van der Waals surface area (Å²) in [5.41, 5.74) is 3.51. The average molecular weight is 364 g/mol. The molecule has 27 heavy (non-hydrogen) atoms. The molecule has 0 bridgehead atoms. The Bertz CT molecular complexity index is 798. The fourth-order valence-corrected chi connectivity index (χ4v) is 4.00. The van der Waals surface area contributed by atoms with Gasteiger partial charge in [0.2, 0.25) is 5.91 Å². The van der Waals surface area contributed by atoms with Gasteiger partial charge in [0.1, 0.15) is 5.82 Å². The largest absolute Gasteiger partial charge is 0.354 e. The third-order valence-corrected chi connectivity index (χ3v) is 5.61. The molecular formula is C22H28N4O. The predicted molar refractivity (Wildman–Crippen MR) is 109 cm³/mol. The standard InChI is InChI=1S/C22H28N4O/c1-24-12-14-25(15-13-24)22-19(7-5-10-23-22)16-18-6-4-8-20(17-18)26-11-3-2-9-21(26)27/h4-8,10,17H,2-3,9,11-16H2,1H3. The van der Waals surface area contributed by atoms with Crippen LogP contribution in [-0.2, 0) is 11.2 Å². The number of rotatable bonds is 4. The molecule has 0 saturated carbocycles. The molecule has 1 aromatic carbocycles. The number of pyridine rings is 1. The highest BCUT2D eigenvalue weighted by Gasteiger charge is 2.21. The van der Waals surface area contributed by atoms with E-state index in [0.717, 1.165) is 63.5 Å². The molecule has 2 aromatic rings. The van der Waals surface area contributed by atoms with Crippen LogP contribution in [-0.4, -0.2) is 55.6 Å². The van der Waals surface area contributed by atoms with Crippen LogP contribution >= 0.6 is 0 Å². The van der Waals surface area contributed by atoms with E-state index in [-0.39, 0.29) is 5.91 Å². The van der Waals surface area contributed by atoms with Crippen molar-refractivity contribution < 1.29 is 4.79 Å². The molecule has 2 saturated heterocycles. The highest BCUT2D eigenvalue weighted by Crippen LogP contribution is 2.26. The summed E-state index contributed by atoms with van der Waals surface area (Å²) in [6, 6.07) is 12.6. The Morgan fingerprint density at radius 3 is 2.67 bits per heavy atom. The zero-order chi connectivity index (χ0) is 18.6. The minimum Gasteiger partial charge on any atom is -0.354 e. The van der Waals surface area contributed by atoms with Gasteiger partial charge in [0, 0.05) is 57.4 Å². The molecule has 5 nitrogen and oxygen atoms in total. The van der Waals surface area contributed by atoms with E-state index < -0.39 is 0 Å². The number of amides is 1. The van der Waals surface area contributed by atoms with E-state index in [1.165, 1.54) is 11.1 Å². The van der Waals surface area contributed by atoms with Gasteiger partial charge in [0.05, 0.1) is 0 Å². The van der Waals surface area contributed by atoms with E-state index in [9.17, 15) is 4.79 Å². The van der Waals surface area contributed by atoms with Crippen molar-refractivity contribution in [2.75, 3.05) is 49.6 Å². The molecule has 0 unspecified atom stereocenters. The van der Waals surface area contributed by atoms with Crippen LogP contribution in [0.15, 0.2) is 42.6 Å². The van der Waals surface area contributed by atoms with Crippen molar-refractivity contribution in [1.82, 2.24) is 9.88 Å². The Morgan fingerprint density at radius 1 is 1.00 bits per heavy atom. The second-order valence-electron chi connectivity index (χ2n) is 7.63. The van der Waals surface area contributed by atoms with Crippen molar-refractivity contribution in [3.8, 4) is 0 Å². The molecule has 0 atom stereocenters. The number of carbonyl (C=O) groups is 1. The first kappa shape index (κ1) is 18.0. The second kappa shape index (κ2) is 8.09. The quantitative estimate of drug-likeness (QED) is 0.836. The molecule has 3 heterocycles. The smallest absolute Gasteiger partial charge is 0.226 e. The first-order chi connectivity index (χ1) is 13.2. The molecule has 0 aliphatic carbocycles. The predicted octanol–water partition coefficient (Wildman–Crippen LogP) is 2.94. The number of carbonyl (C=O) groups excluding carboxylic acids is 1. The molecule has 4 rings (SSSR count). The molecule has 1 amide bonds. The molecule has 142 valence electrons. The topological polar surface area (TPSA) is 39.7 Å². The maximum atomic E-state index is 12.3. The second-order valence-corrected chi connectivity index (χ2v) is 7.63. The first-order valence-electron chi connectivity index (χ1n) is 9.97. The van der Waals surface area contributed by atoms with Crippen LogP contribution in [0, 0.1) is 0 Å². The summed E-state index contributed by atoms with van der Waals surface area (Å²) in [5, 5.41) is 0. The Labute approximate surface area is 161 Å². The van der Waals surface area contributed by atoms with Crippen molar-refractivity contribution in [2.45, 2.75) is 25.7 Å². The zero-order valence-electron chi connectivity index (χ0n) is 16.1. The Morgan fingerprint density at radius 2 is 1.85 bits per heavy atom. The van der Waals surface area contributed by atoms with Crippen LogP contribution < -0.4 is 9.80 Å². The van der Waals surface area contributed by atoms with Crippen molar-refractivity contribution in [3.05, 3.63) is 53.7 Å². The van der Waals surface area contributed by atoms with Gasteiger partial charge in [-0.1, -0.05) is 18.2 Å². The summed E-state index contributed by atoms with van der Waals surface area (Å²) < 4.78 is 0. The van der Waals surface area contributed by atoms with Crippen molar-refractivity contribution in [3.63, 3.8) is 0 Å². The number of hydrogen-bond donors (Lipinski definition) is 0. The van der Waals surface area contributed by atoms with Gasteiger partial charge in [-0.15, -0.1) is 0 Å². The number of aromatic nitrogens is 1. The summed E-state index contributed by atoms with van der Waals surface area (Å²) >= 11 is 0. The lowest BCUT2D eigenvalue weighted by Crippen LogP contribution is -2.45. The summed E-state index contributed by atoms with van der Waals surface area (Å²) in [6.45, 7) is 5.01. The Balaban J connectivity index is 1.54. The van der Waals surface area contributed by atoms with E-state index >= 15 is 0 Å². The minimum atomic E-state index is 0.248. The third kappa shape index (κ3) is 4.14. The molecule has 5 heteroatoms. The molecule has 0 radical (unpaired) electrons. The Kier molecular flexibility index (Phi) is 5.39. The first-order valence-corrected chi connectivity index (χ1v) is 9.97. The summed E-state index contributed by atoms with van der Waals surface area (Å²) in [7, 11) is 2.17. The minimum absolute atomic E-state index is 0.248. The highest BCUT2D eigenvalue weighted by molar-refractivity contribution is 5.94. The van der Waals surface area contributed by atoms with E-state index in [1.807, 2.05) is 17.2 Å². The van der Waals surface area contributed by atoms with Crippen LogP contribution in [0.25, 0.3) is 0 Å². The molecular weight excluding hydrogens is 336 g/mol. The number of hydrogen-bond acceptors (Lipinski definition) is 4. The lowest BCUT2D eigenvalue weighted by atomic mass is 10.0. The monoisotopic (exact) mass is 364 g/mol. The Hall–Kier alpha value is -2.40. The maximum absolute atomic E-state index is 12.3. The van der Waals surface area contributed by atoms with Gasteiger partial charge in [-0.25, -0.2) is 4.98 Å². The fraction of sp³-hybridized carbons (Fsp3) is 0.455. The van der Waals surface area contributed by atoms with Gasteiger partial charge < -0.3 is 14.7 Å². The molecule has 2 aliphatic heterocycles. The number of likely N-dealkylation sites (N-methyl/N-ethyl adjacent to an activating group) is 1. The van der Waals surface area contributed by atoms with Crippen LogP contribution in [0.2, 0.25) is 0 Å². The van der Waals surface area contributed by atoms with Gasteiger partial charge in [-0.3, -0.25) is 4.79 Å². The van der Waals surface area contributed by atoms with Gasteiger partial charge >= 0.3 is 0 Å². The highest BCUT2D eigenvalue weighted by atomic mass is 16.2. The van der Waals surface area contributed by atoms with Gasteiger partial charge in [0.15, 0.2) is 0 Å². The molecule has 0 spiro atoms. The van der Waals surface area contributed by atoms with Crippen LogP contribution in [0.5, 0.6) is 0 Å². The van der Waals surface area contributed by atoms with E-state index in [4.69, 9.17) is 4.98 Å². The zero-order valence-corrected chi connectivity index (χ0v) is 16.1. The number of piperazine rings is 1. The maximum Gasteiger partial charge on any atom is 0.226 e. The lowest BCUT2D eigenvalue weighted by Gasteiger charge is -2.34. The fourth-order valence-electron chi connectivity index (χ4n) is 4.00. The van der Waals surface area contributed by atoms with E-state index in [0.29, 0.717) is 6.42 Å². The number of benzene rings is 1. The number of anilines is 2. The van der Waals surface area contributed by atoms with Crippen LogP contribution in [0.3, 0.4) is 0 Å². The average Bonchev–Trinajstić information content (AvgIpc) is 2.70. The van der Waals surface area contributed by atoms with Gasteiger partial charge in [0.25, 0.3) is 0 Å². The SMILES string of the molecule is CN1CCN(c2ncccc2Cc2cccc(N3CCCCC3=O)c2)CC1. The summed E-state index contributed by atoms with van der Waals surface area (Å²) in [5.74, 6) is 1.35. The third-order valence-electron chi connectivity index (χ3n) is 5.61. The molecule has 1 aromatic heterocycles. The van der Waals surface area contributed by atoms with E-state index in [2.05, 4.69) is 47.2 Å². The molecule has 2 fully saturated rings. The van der Waals surface area contributed by atoms with E-state index in [1.54, 1.807) is 0 Å².